The zero-order valence-electron chi connectivity index (χ0n) is 17.4. The number of nitrogens with zero attached hydrogens (tertiary/aromatic N) is 1. The summed E-state index contributed by atoms with van der Waals surface area (Å²) in [5, 5.41) is 3.14. The Hall–Kier alpha value is -2.87. The van der Waals surface area contributed by atoms with Crippen molar-refractivity contribution in [2.45, 2.75) is 55.9 Å². The highest BCUT2D eigenvalue weighted by Crippen LogP contribution is 2.23. The van der Waals surface area contributed by atoms with Gasteiger partial charge in [-0.15, -0.1) is 11.8 Å². The number of thioether (sulfide) groups is 1. The molecule has 3 amide bonds. The number of pyridine rings is 1. The minimum Gasteiger partial charge on any atom is -0.353 e. The summed E-state index contributed by atoms with van der Waals surface area (Å²) in [5.41, 5.74) is 5.63. The van der Waals surface area contributed by atoms with E-state index in [4.69, 9.17) is 0 Å². The van der Waals surface area contributed by atoms with E-state index in [2.05, 4.69) is 21.2 Å². The lowest BCUT2D eigenvalue weighted by molar-refractivity contribution is -0.119. The summed E-state index contributed by atoms with van der Waals surface area (Å²) in [4.78, 5) is 41.7. The average Bonchev–Trinajstić information content (AvgIpc) is 2.78. The Bertz CT molecular complexity index is 883. The molecule has 0 radical (unpaired) electrons. The number of hydrogen-bond acceptors (Lipinski definition) is 5. The second-order valence-electron chi connectivity index (χ2n) is 7.54. The number of hydrazine groups is 1. The number of benzene rings is 1. The summed E-state index contributed by atoms with van der Waals surface area (Å²) in [6.07, 6.45) is 11.2. The van der Waals surface area contributed by atoms with Gasteiger partial charge in [-0.1, -0.05) is 44.2 Å². The molecule has 1 aromatic heterocycles. The molecule has 0 unspecified atom stereocenters. The van der Waals surface area contributed by atoms with Gasteiger partial charge >= 0.3 is 0 Å². The maximum atomic E-state index is 12.6. The lowest BCUT2D eigenvalue weighted by atomic mass is 9.97. The van der Waals surface area contributed by atoms with E-state index >= 15 is 0 Å². The summed E-state index contributed by atoms with van der Waals surface area (Å²) >= 11 is 1.32. The molecule has 0 spiro atoms. The molecule has 31 heavy (non-hydrogen) atoms. The van der Waals surface area contributed by atoms with E-state index in [1.165, 1.54) is 43.4 Å². The molecule has 2 aromatic rings. The fourth-order valence-corrected chi connectivity index (χ4v) is 4.41. The minimum absolute atomic E-state index is 0.0169. The summed E-state index contributed by atoms with van der Waals surface area (Å²) in [6, 6.07) is 10.4. The number of aromatic nitrogens is 1. The Morgan fingerprint density at radius 3 is 2.26 bits per heavy atom. The van der Waals surface area contributed by atoms with Crippen LogP contribution in [-0.2, 0) is 4.79 Å². The van der Waals surface area contributed by atoms with Crippen LogP contribution in [0.15, 0.2) is 53.7 Å². The predicted octanol–water partition coefficient (Wildman–Crippen LogP) is 3.48. The van der Waals surface area contributed by atoms with Gasteiger partial charge in [-0.3, -0.25) is 30.2 Å². The van der Waals surface area contributed by atoms with Crippen LogP contribution in [0.2, 0.25) is 0 Å². The van der Waals surface area contributed by atoms with Crippen molar-refractivity contribution in [3.05, 3.63) is 59.9 Å². The monoisotopic (exact) mass is 440 g/mol. The summed E-state index contributed by atoms with van der Waals surface area (Å²) in [7, 11) is 0. The van der Waals surface area contributed by atoms with Crippen LogP contribution in [-0.4, -0.2) is 34.5 Å². The number of amides is 3. The molecular formula is C23H28N4O3S. The molecule has 1 fully saturated rings. The lowest BCUT2D eigenvalue weighted by Crippen LogP contribution is -2.41. The molecule has 8 heteroatoms. The van der Waals surface area contributed by atoms with Crippen molar-refractivity contribution in [2.75, 3.05) is 5.75 Å². The van der Waals surface area contributed by atoms with E-state index in [9.17, 15) is 14.4 Å². The summed E-state index contributed by atoms with van der Waals surface area (Å²) in [6.45, 7) is 0. The van der Waals surface area contributed by atoms with Gasteiger partial charge in [0.2, 0.25) is 5.91 Å². The van der Waals surface area contributed by atoms with Crippen molar-refractivity contribution in [1.29, 1.82) is 0 Å². The normalized spacial score (nSPS) is 14.7. The quantitative estimate of drug-likeness (QED) is 0.472. The van der Waals surface area contributed by atoms with E-state index < -0.39 is 11.8 Å². The molecule has 1 aromatic carbocycles. The fraction of sp³-hybridized carbons (Fsp3) is 0.391. The molecule has 0 bridgehead atoms. The molecule has 164 valence electrons. The zero-order chi connectivity index (χ0) is 21.9. The Morgan fingerprint density at radius 2 is 1.52 bits per heavy atom. The van der Waals surface area contributed by atoms with Crippen molar-refractivity contribution in [3.8, 4) is 0 Å². The van der Waals surface area contributed by atoms with Gasteiger partial charge in [0.1, 0.15) is 0 Å². The van der Waals surface area contributed by atoms with Crippen LogP contribution in [0.1, 0.15) is 65.7 Å². The molecule has 1 aliphatic carbocycles. The number of carbonyl (C=O) groups excluding carboxylic acids is 3. The number of hydrogen-bond donors (Lipinski definition) is 3. The topological polar surface area (TPSA) is 100 Å². The van der Waals surface area contributed by atoms with Crippen molar-refractivity contribution in [2.24, 2.45) is 0 Å². The van der Waals surface area contributed by atoms with Crippen molar-refractivity contribution in [3.63, 3.8) is 0 Å². The van der Waals surface area contributed by atoms with Gasteiger partial charge in [-0.05, 0) is 37.1 Å². The Morgan fingerprint density at radius 1 is 0.871 bits per heavy atom. The van der Waals surface area contributed by atoms with Crippen molar-refractivity contribution < 1.29 is 14.4 Å². The number of rotatable bonds is 6. The molecule has 0 aliphatic heterocycles. The Balaban J connectivity index is 1.51. The summed E-state index contributed by atoms with van der Waals surface area (Å²) in [5.74, 6) is -0.647. The molecule has 3 rings (SSSR count). The lowest BCUT2D eigenvalue weighted by Gasteiger charge is -2.21. The van der Waals surface area contributed by atoms with Gasteiger partial charge in [0.05, 0.1) is 11.3 Å². The maximum Gasteiger partial charge on any atom is 0.270 e. The first-order valence-electron chi connectivity index (χ1n) is 10.7. The molecule has 1 aliphatic rings. The first-order valence-corrected chi connectivity index (χ1v) is 11.6. The van der Waals surface area contributed by atoms with Gasteiger partial charge in [0, 0.05) is 28.9 Å². The number of nitrogens with one attached hydrogen (secondary N) is 3. The van der Waals surface area contributed by atoms with Crippen LogP contribution in [0.3, 0.4) is 0 Å². The van der Waals surface area contributed by atoms with Crippen molar-refractivity contribution in [1.82, 2.24) is 21.2 Å². The van der Waals surface area contributed by atoms with E-state index in [0.29, 0.717) is 16.0 Å². The average molecular weight is 441 g/mol. The Labute approximate surface area is 186 Å². The van der Waals surface area contributed by atoms with Gasteiger partial charge in [0.15, 0.2) is 0 Å². The fourth-order valence-electron chi connectivity index (χ4n) is 3.55. The van der Waals surface area contributed by atoms with Gasteiger partial charge in [-0.25, -0.2) is 0 Å². The van der Waals surface area contributed by atoms with Crippen LogP contribution < -0.4 is 16.2 Å². The van der Waals surface area contributed by atoms with Gasteiger partial charge in [0.25, 0.3) is 11.8 Å². The minimum atomic E-state index is -0.439. The molecular weight excluding hydrogens is 412 g/mol. The Kier molecular flexibility index (Phi) is 8.90. The van der Waals surface area contributed by atoms with Crippen LogP contribution in [0.25, 0.3) is 0 Å². The summed E-state index contributed by atoms with van der Waals surface area (Å²) < 4.78 is 0. The molecule has 3 N–H and O–H groups in total. The zero-order valence-corrected chi connectivity index (χ0v) is 18.2. The van der Waals surface area contributed by atoms with E-state index in [0.717, 1.165) is 25.7 Å². The molecule has 1 saturated carbocycles. The third kappa shape index (κ3) is 7.40. The van der Waals surface area contributed by atoms with E-state index in [-0.39, 0.29) is 17.7 Å². The van der Waals surface area contributed by atoms with E-state index in [1.807, 2.05) is 6.07 Å². The third-order valence-electron chi connectivity index (χ3n) is 5.19. The highest BCUT2D eigenvalue weighted by Gasteiger charge is 2.17. The van der Waals surface area contributed by atoms with Gasteiger partial charge in [-0.2, -0.15) is 0 Å². The molecule has 0 saturated heterocycles. The molecule has 1 heterocycles. The SMILES string of the molecule is O=C(CSc1ccccc1C(=O)NNC(=O)c1ccncc1)NC1CCCCCCC1. The van der Waals surface area contributed by atoms with Crippen LogP contribution >= 0.6 is 11.8 Å². The van der Waals surface area contributed by atoms with Gasteiger partial charge < -0.3 is 5.32 Å². The standard InChI is InChI=1S/C23H28N4O3S/c28-21(25-18-8-4-2-1-3-5-9-18)16-31-20-11-7-6-10-19(20)23(30)27-26-22(29)17-12-14-24-15-13-17/h6-7,10-15,18H,1-5,8-9,16H2,(H,25,28)(H,26,29)(H,27,30). The van der Waals surface area contributed by atoms with Crippen molar-refractivity contribution >= 4 is 29.5 Å². The van der Waals surface area contributed by atoms with Crippen LogP contribution in [0.4, 0.5) is 0 Å². The first kappa shape index (κ1) is 22.8. The predicted molar refractivity (Wildman–Crippen MR) is 121 cm³/mol. The van der Waals surface area contributed by atoms with E-state index in [1.54, 1.807) is 30.3 Å². The molecule has 7 nitrogen and oxygen atoms in total. The second kappa shape index (κ2) is 12.1. The number of carbonyl (C=O) groups is 3. The maximum absolute atomic E-state index is 12.6. The second-order valence-corrected chi connectivity index (χ2v) is 8.56. The van der Waals surface area contributed by atoms with Crippen LogP contribution in [0.5, 0.6) is 0 Å². The smallest absolute Gasteiger partial charge is 0.270 e. The van der Waals surface area contributed by atoms with Crippen LogP contribution in [0, 0.1) is 0 Å². The largest absolute Gasteiger partial charge is 0.353 e. The third-order valence-corrected chi connectivity index (χ3v) is 6.27. The first-order chi connectivity index (χ1) is 15.1. The highest BCUT2D eigenvalue weighted by atomic mass is 32.2. The highest BCUT2D eigenvalue weighted by molar-refractivity contribution is 8.00. The molecule has 0 atom stereocenters.